The van der Waals surface area contributed by atoms with Crippen LogP contribution in [0.2, 0.25) is 0 Å². The van der Waals surface area contributed by atoms with Crippen molar-refractivity contribution in [2.24, 2.45) is 0 Å². The molecule has 0 bridgehead atoms. The Morgan fingerprint density at radius 2 is 1.44 bits per heavy atom. The third-order valence-corrected chi connectivity index (χ3v) is 12.2. The Kier molecular flexibility index (Phi) is 6.92. The maximum absolute atomic E-state index is 6.78. The van der Waals surface area contributed by atoms with E-state index < -0.39 is 7.26 Å². The lowest BCUT2D eigenvalue weighted by Gasteiger charge is -2.48. The van der Waals surface area contributed by atoms with Gasteiger partial charge >= 0.3 is 0 Å². The van der Waals surface area contributed by atoms with E-state index in [4.69, 9.17) is 21.1 Å². The monoisotopic (exact) mass is 382 g/mol. The van der Waals surface area contributed by atoms with Gasteiger partial charge in [0.2, 0.25) is 5.75 Å². The minimum Gasteiger partial charge on any atom is -0.493 e. The quantitative estimate of drug-likeness (QED) is 0.420. The minimum absolute atomic E-state index is 0.711. The van der Waals surface area contributed by atoms with Crippen LogP contribution in [0.5, 0.6) is 11.5 Å². The fourth-order valence-corrected chi connectivity index (χ4v) is 11.5. The lowest BCUT2D eigenvalue weighted by Crippen LogP contribution is -2.34. The molecule has 0 saturated heterocycles. The molecule has 3 rings (SSSR count). The van der Waals surface area contributed by atoms with Crippen molar-refractivity contribution in [3.8, 4) is 11.5 Å². The summed E-state index contributed by atoms with van der Waals surface area (Å²) in [5, 5.41) is 1.35. The van der Waals surface area contributed by atoms with E-state index in [-0.39, 0.29) is 0 Å². The van der Waals surface area contributed by atoms with Crippen LogP contribution in [0.1, 0.15) is 64.2 Å². The van der Waals surface area contributed by atoms with Crippen molar-refractivity contribution in [3.63, 3.8) is 0 Å². The minimum atomic E-state index is -1.64. The lowest BCUT2D eigenvalue weighted by atomic mass is 9.99. The maximum atomic E-state index is 6.78. The highest BCUT2D eigenvalue weighted by atomic mass is 35.5. The van der Waals surface area contributed by atoms with E-state index in [2.05, 4.69) is 17.8 Å². The van der Waals surface area contributed by atoms with E-state index in [1.807, 2.05) is 6.07 Å². The number of ether oxygens (including phenoxy) is 2. The molecule has 0 radical (unpaired) electrons. The molecule has 140 valence electrons. The molecular formula is C21H32ClO2P. The Hall–Kier alpha value is -0.460. The summed E-state index contributed by atoms with van der Waals surface area (Å²) >= 11 is 6.78. The van der Waals surface area contributed by atoms with Gasteiger partial charge in [-0.2, -0.15) is 0 Å². The summed E-state index contributed by atoms with van der Waals surface area (Å²) in [6.07, 6.45) is 13.4. The van der Waals surface area contributed by atoms with Gasteiger partial charge in [-0.15, -0.1) is 0 Å². The molecule has 0 atom stereocenters. The van der Waals surface area contributed by atoms with Gasteiger partial charge in [-0.25, -0.2) is 0 Å². The van der Waals surface area contributed by atoms with Crippen molar-refractivity contribution in [2.45, 2.75) is 75.5 Å². The van der Waals surface area contributed by atoms with Gasteiger partial charge in [0.05, 0.1) is 14.2 Å². The standard InChI is InChI=1S/C21H32ClO2P/c1-23-19-14-9-15-20(21(19)24-2)25(16-22,17-10-5-3-6-11-17)18-12-7-4-8-13-18/h9,14-18H,3-8,10-13H2,1-2H3. The van der Waals surface area contributed by atoms with Crippen LogP contribution in [0.15, 0.2) is 18.2 Å². The predicted octanol–water partition coefficient (Wildman–Crippen LogP) is 6.37. The summed E-state index contributed by atoms with van der Waals surface area (Å²) in [6, 6.07) is 6.40. The van der Waals surface area contributed by atoms with E-state index >= 15 is 0 Å². The van der Waals surface area contributed by atoms with Crippen molar-refractivity contribution in [2.75, 3.05) is 14.2 Å². The van der Waals surface area contributed by atoms with Gasteiger partial charge in [0.1, 0.15) is 5.30 Å². The SMILES string of the molecule is COc1cccc([P+]([CH-]Cl)(C2CCCCC2)C2CCCCC2)c1OC. The molecule has 0 aromatic heterocycles. The van der Waals surface area contributed by atoms with Gasteiger partial charge in [0, 0.05) is 11.3 Å². The van der Waals surface area contributed by atoms with Gasteiger partial charge in [0.25, 0.3) is 0 Å². The van der Waals surface area contributed by atoms with Crippen LogP contribution in [-0.4, -0.2) is 25.5 Å². The topological polar surface area (TPSA) is 18.5 Å². The first-order chi connectivity index (χ1) is 12.3. The van der Waals surface area contributed by atoms with Crippen LogP contribution < -0.4 is 14.8 Å². The van der Waals surface area contributed by atoms with Crippen LogP contribution in [0.4, 0.5) is 0 Å². The molecule has 2 nitrogen and oxygen atoms in total. The first kappa shape index (κ1) is 19.3. The molecule has 0 spiro atoms. The van der Waals surface area contributed by atoms with E-state index in [0.717, 1.165) is 11.5 Å². The van der Waals surface area contributed by atoms with Crippen LogP contribution in [0.3, 0.4) is 0 Å². The van der Waals surface area contributed by atoms with Crippen molar-refractivity contribution in [3.05, 3.63) is 23.8 Å². The number of halogens is 1. The highest BCUT2D eigenvalue weighted by molar-refractivity contribution is 7.87. The Morgan fingerprint density at radius 1 is 0.880 bits per heavy atom. The maximum Gasteiger partial charge on any atom is 0.200 e. The Morgan fingerprint density at radius 3 is 1.88 bits per heavy atom. The Bertz CT molecular complexity index is 533. The second-order valence-electron chi connectivity index (χ2n) is 7.53. The number of hydrogen-bond donors (Lipinski definition) is 0. The molecule has 2 aliphatic rings. The average molecular weight is 383 g/mol. The van der Waals surface area contributed by atoms with Crippen LogP contribution in [-0.2, 0) is 0 Å². The highest BCUT2D eigenvalue weighted by Gasteiger charge is 2.49. The van der Waals surface area contributed by atoms with Crippen molar-refractivity contribution in [1.29, 1.82) is 0 Å². The van der Waals surface area contributed by atoms with Crippen molar-refractivity contribution in [1.82, 2.24) is 0 Å². The van der Waals surface area contributed by atoms with Gasteiger partial charge in [-0.3, -0.25) is 0 Å². The van der Waals surface area contributed by atoms with Gasteiger partial charge in [-0.05, 0) is 63.5 Å². The van der Waals surface area contributed by atoms with Crippen LogP contribution in [0.25, 0.3) is 0 Å². The van der Waals surface area contributed by atoms with Gasteiger partial charge in [0.15, 0.2) is 5.75 Å². The fourth-order valence-electron chi connectivity index (χ4n) is 5.10. The highest BCUT2D eigenvalue weighted by Crippen LogP contribution is 2.75. The van der Waals surface area contributed by atoms with Crippen LogP contribution in [0, 0.1) is 5.62 Å². The van der Waals surface area contributed by atoms with Gasteiger partial charge in [-0.1, -0.05) is 31.8 Å². The van der Waals surface area contributed by atoms with Crippen molar-refractivity contribution < 1.29 is 9.47 Å². The fraction of sp³-hybridized carbons (Fsp3) is 0.667. The van der Waals surface area contributed by atoms with Crippen LogP contribution >= 0.6 is 18.9 Å². The van der Waals surface area contributed by atoms with E-state index in [1.165, 1.54) is 69.5 Å². The molecule has 0 aliphatic heterocycles. The molecule has 2 fully saturated rings. The molecule has 25 heavy (non-hydrogen) atoms. The van der Waals surface area contributed by atoms with E-state index in [1.54, 1.807) is 14.2 Å². The molecule has 0 N–H and O–H groups in total. The zero-order valence-electron chi connectivity index (χ0n) is 15.7. The summed E-state index contributed by atoms with van der Waals surface area (Å²) in [7, 11) is 1.86. The molecule has 1 aromatic rings. The summed E-state index contributed by atoms with van der Waals surface area (Å²) in [4.78, 5) is 0. The number of benzene rings is 1. The molecule has 0 heterocycles. The molecule has 1 aromatic carbocycles. The Balaban J connectivity index is 2.12. The summed E-state index contributed by atoms with van der Waals surface area (Å²) in [5.41, 5.74) is 3.54. The molecule has 2 saturated carbocycles. The smallest absolute Gasteiger partial charge is 0.200 e. The van der Waals surface area contributed by atoms with E-state index in [9.17, 15) is 0 Å². The van der Waals surface area contributed by atoms with Crippen molar-refractivity contribution >= 4 is 24.2 Å². The third kappa shape index (κ3) is 3.67. The Labute approximate surface area is 159 Å². The normalized spacial score (nSPS) is 20.4. The first-order valence-electron chi connectivity index (χ1n) is 9.82. The number of methoxy groups -OCH3 is 2. The lowest BCUT2D eigenvalue weighted by molar-refractivity contribution is 0.357. The second-order valence-corrected chi connectivity index (χ2v) is 11.9. The summed E-state index contributed by atoms with van der Waals surface area (Å²) in [5.74, 6) is 1.76. The predicted molar refractivity (Wildman–Crippen MR) is 110 cm³/mol. The molecule has 2 aliphatic carbocycles. The third-order valence-electron chi connectivity index (χ3n) is 6.32. The summed E-state index contributed by atoms with van der Waals surface area (Å²) < 4.78 is 11.5. The largest absolute Gasteiger partial charge is 0.493 e. The number of para-hydroxylation sites is 1. The zero-order chi connectivity index (χ0) is 17.7. The average Bonchev–Trinajstić information content (AvgIpc) is 2.70. The molecule has 0 unspecified atom stereocenters. The first-order valence-corrected chi connectivity index (χ1v) is 12.3. The van der Waals surface area contributed by atoms with Gasteiger partial charge < -0.3 is 21.1 Å². The molecule has 4 heteroatoms. The zero-order valence-corrected chi connectivity index (χ0v) is 17.3. The second kappa shape index (κ2) is 8.96. The van der Waals surface area contributed by atoms with E-state index in [0.29, 0.717) is 11.3 Å². The molecule has 0 amide bonds. The number of rotatable bonds is 6. The summed E-state index contributed by atoms with van der Waals surface area (Å²) in [6.45, 7) is 0. The number of hydrogen-bond acceptors (Lipinski definition) is 2. The molecular weight excluding hydrogens is 351 g/mol.